The number of carbonyl (C=O) groups excluding carboxylic acids is 1. The molecule has 0 unspecified atom stereocenters. The van der Waals surface area contributed by atoms with E-state index >= 15 is 0 Å². The average molecular weight is 330 g/mol. The number of hydrogen-bond donors (Lipinski definition) is 0. The fourth-order valence-corrected chi connectivity index (χ4v) is 2.16. The monoisotopic (exact) mass is 329 g/mol. The van der Waals surface area contributed by atoms with Crippen LogP contribution in [0, 0.1) is 18.3 Å². The van der Waals surface area contributed by atoms with E-state index in [1.54, 1.807) is 24.1 Å². The van der Waals surface area contributed by atoms with Crippen molar-refractivity contribution >= 4 is 27.5 Å². The van der Waals surface area contributed by atoms with Crippen LogP contribution in [-0.2, 0) is 0 Å². The summed E-state index contributed by atoms with van der Waals surface area (Å²) in [4.78, 5) is 17.9. The maximum atomic E-state index is 12.4. The molecule has 0 atom stereocenters. The molecule has 0 spiro atoms. The zero-order chi connectivity index (χ0) is 14.7. The van der Waals surface area contributed by atoms with E-state index in [1.165, 1.54) is 6.20 Å². The van der Waals surface area contributed by atoms with Gasteiger partial charge in [-0.3, -0.25) is 4.79 Å². The summed E-state index contributed by atoms with van der Waals surface area (Å²) in [5.41, 5.74) is 2.56. The number of carbonyl (C=O) groups is 1. The lowest BCUT2D eigenvalue weighted by Gasteiger charge is -2.19. The summed E-state index contributed by atoms with van der Waals surface area (Å²) in [6.45, 7) is 1.94. The quantitative estimate of drug-likeness (QED) is 0.849. The van der Waals surface area contributed by atoms with E-state index in [-0.39, 0.29) is 5.91 Å². The Hall–Kier alpha value is -2.19. The summed E-state index contributed by atoms with van der Waals surface area (Å²) < 4.78 is 0.908. The first kappa shape index (κ1) is 14.2. The van der Waals surface area contributed by atoms with Crippen molar-refractivity contribution < 1.29 is 4.79 Å². The maximum Gasteiger partial charge on any atom is 0.276 e. The molecule has 0 aliphatic heterocycles. The highest BCUT2D eigenvalue weighted by molar-refractivity contribution is 9.10. The van der Waals surface area contributed by atoms with Gasteiger partial charge in [-0.15, -0.1) is 0 Å². The molecule has 1 heterocycles. The van der Waals surface area contributed by atoms with Gasteiger partial charge in [-0.05, 0) is 36.8 Å². The maximum absolute atomic E-state index is 12.4. The second-order valence-electron chi connectivity index (χ2n) is 4.34. The van der Waals surface area contributed by atoms with Gasteiger partial charge in [0.15, 0.2) is 0 Å². The van der Waals surface area contributed by atoms with Crippen LogP contribution in [0.2, 0.25) is 0 Å². The molecule has 2 rings (SSSR count). The van der Waals surface area contributed by atoms with E-state index in [0.717, 1.165) is 15.7 Å². The van der Waals surface area contributed by atoms with Crippen molar-refractivity contribution in [1.82, 2.24) is 4.98 Å². The van der Waals surface area contributed by atoms with Crippen molar-refractivity contribution in [3.63, 3.8) is 0 Å². The Kier molecular flexibility index (Phi) is 4.16. The number of rotatable bonds is 2. The third-order valence-corrected chi connectivity index (χ3v) is 3.44. The molecule has 0 saturated carbocycles. The van der Waals surface area contributed by atoms with E-state index in [0.29, 0.717) is 11.3 Å². The first-order valence-corrected chi connectivity index (χ1v) is 6.72. The number of halogens is 1. The smallest absolute Gasteiger partial charge is 0.276 e. The van der Waals surface area contributed by atoms with Gasteiger partial charge in [-0.1, -0.05) is 22.0 Å². The lowest BCUT2D eigenvalue weighted by molar-refractivity contribution is 0.0988. The second kappa shape index (κ2) is 5.85. The SMILES string of the molecule is Cc1ccc(Br)cc1N(C)C(=O)c1ccc(C#N)cn1. The topological polar surface area (TPSA) is 57.0 Å². The van der Waals surface area contributed by atoms with E-state index in [4.69, 9.17) is 5.26 Å². The number of hydrogen-bond acceptors (Lipinski definition) is 3. The molecular formula is C15H12BrN3O. The van der Waals surface area contributed by atoms with Crippen LogP contribution in [0.25, 0.3) is 0 Å². The van der Waals surface area contributed by atoms with Gasteiger partial charge >= 0.3 is 0 Å². The summed E-state index contributed by atoms with van der Waals surface area (Å²) in [6.07, 6.45) is 1.40. The third-order valence-electron chi connectivity index (χ3n) is 2.95. The Balaban J connectivity index is 2.32. The van der Waals surface area contributed by atoms with Crippen LogP contribution in [0.15, 0.2) is 41.0 Å². The molecule has 4 nitrogen and oxygen atoms in total. The first-order valence-electron chi connectivity index (χ1n) is 5.93. The van der Waals surface area contributed by atoms with Gasteiger partial charge in [-0.2, -0.15) is 5.26 Å². The number of anilines is 1. The molecule has 0 saturated heterocycles. The van der Waals surface area contributed by atoms with Gasteiger partial charge < -0.3 is 4.90 Å². The van der Waals surface area contributed by atoms with Gasteiger partial charge in [0.1, 0.15) is 11.8 Å². The Morgan fingerprint density at radius 1 is 1.35 bits per heavy atom. The molecule has 5 heteroatoms. The molecule has 1 aromatic heterocycles. The molecule has 2 aromatic rings. The molecule has 1 amide bonds. The van der Waals surface area contributed by atoms with Crippen LogP contribution in [-0.4, -0.2) is 17.9 Å². The number of nitriles is 1. The number of nitrogens with zero attached hydrogens (tertiary/aromatic N) is 3. The zero-order valence-corrected chi connectivity index (χ0v) is 12.7. The number of aromatic nitrogens is 1. The molecular weight excluding hydrogens is 318 g/mol. The molecule has 0 N–H and O–H groups in total. The summed E-state index contributed by atoms with van der Waals surface area (Å²) in [5.74, 6) is -0.212. The zero-order valence-electron chi connectivity index (χ0n) is 11.1. The Labute approximate surface area is 125 Å². The van der Waals surface area contributed by atoms with Crippen LogP contribution in [0.1, 0.15) is 21.6 Å². The van der Waals surface area contributed by atoms with Crippen LogP contribution < -0.4 is 4.90 Å². The fourth-order valence-electron chi connectivity index (χ4n) is 1.81. The number of benzene rings is 1. The van der Waals surface area contributed by atoms with E-state index in [2.05, 4.69) is 20.9 Å². The third kappa shape index (κ3) is 2.86. The summed E-state index contributed by atoms with van der Waals surface area (Å²) in [6, 6.07) is 10.9. The number of pyridine rings is 1. The number of amides is 1. The minimum absolute atomic E-state index is 0.212. The Morgan fingerprint density at radius 3 is 2.70 bits per heavy atom. The number of aryl methyl sites for hydroxylation is 1. The van der Waals surface area contributed by atoms with E-state index in [1.807, 2.05) is 31.2 Å². The predicted octanol–water partition coefficient (Wildman–Crippen LogP) is 3.30. The van der Waals surface area contributed by atoms with Crippen molar-refractivity contribution in [2.75, 3.05) is 11.9 Å². The molecule has 20 heavy (non-hydrogen) atoms. The average Bonchev–Trinajstić information content (AvgIpc) is 2.48. The highest BCUT2D eigenvalue weighted by Crippen LogP contribution is 2.24. The second-order valence-corrected chi connectivity index (χ2v) is 5.25. The molecule has 100 valence electrons. The predicted molar refractivity (Wildman–Crippen MR) is 80.6 cm³/mol. The molecule has 1 aromatic carbocycles. The minimum atomic E-state index is -0.212. The van der Waals surface area contributed by atoms with E-state index < -0.39 is 0 Å². The molecule has 0 aliphatic rings. The van der Waals surface area contributed by atoms with Crippen molar-refractivity contribution in [2.45, 2.75) is 6.92 Å². The van der Waals surface area contributed by atoms with Gasteiger partial charge in [0, 0.05) is 23.4 Å². The van der Waals surface area contributed by atoms with Gasteiger partial charge in [0.2, 0.25) is 0 Å². The van der Waals surface area contributed by atoms with Crippen LogP contribution in [0.4, 0.5) is 5.69 Å². The minimum Gasteiger partial charge on any atom is -0.310 e. The normalized spacial score (nSPS) is 9.90. The van der Waals surface area contributed by atoms with Crippen molar-refractivity contribution in [1.29, 1.82) is 5.26 Å². The van der Waals surface area contributed by atoms with Gasteiger partial charge in [0.25, 0.3) is 5.91 Å². The summed E-state index contributed by atoms with van der Waals surface area (Å²) >= 11 is 3.40. The molecule has 0 radical (unpaired) electrons. The van der Waals surface area contributed by atoms with Gasteiger partial charge in [0.05, 0.1) is 5.56 Å². The Bertz CT molecular complexity index is 689. The lowest BCUT2D eigenvalue weighted by atomic mass is 10.1. The summed E-state index contributed by atoms with van der Waals surface area (Å²) in [5, 5.41) is 8.73. The lowest BCUT2D eigenvalue weighted by Crippen LogP contribution is -2.27. The fraction of sp³-hybridized carbons (Fsp3) is 0.133. The highest BCUT2D eigenvalue weighted by atomic mass is 79.9. The van der Waals surface area contributed by atoms with Crippen molar-refractivity contribution in [2.24, 2.45) is 0 Å². The molecule has 0 fully saturated rings. The van der Waals surface area contributed by atoms with Crippen molar-refractivity contribution in [3.05, 3.63) is 57.8 Å². The van der Waals surface area contributed by atoms with Crippen LogP contribution >= 0.6 is 15.9 Å². The molecule has 0 aliphatic carbocycles. The molecule has 0 bridgehead atoms. The Morgan fingerprint density at radius 2 is 2.10 bits per heavy atom. The van der Waals surface area contributed by atoms with Gasteiger partial charge in [-0.25, -0.2) is 4.98 Å². The largest absolute Gasteiger partial charge is 0.310 e. The summed E-state index contributed by atoms with van der Waals surface area (Å²) in [7, 11) is 1.71. The van der Waals surface area contributed by atoms with Crippen LogP contribution in [0.5, 0.6) is 0 Å². The van der Waals surface area contributed by atoms with E-state index in [9.17, 15) is 4.79 Å². The van der Waals surface area contributed by atoms with Crippen LogP contribution in [0.3, 0.4) is 0 Å². The first-order chi connectivity index (χ1) is 9.52. The highest BCUT2D eigenvalue weighted by Gasteiger charge is 2.16. The standard InChI is InChI=1S/C15H12BrN3O/c1-10-3-5-12(16)7-14(10)19(2)15(20)13-6-4-11(8-17)9-18-13/h3-7,9H,1-2H3. The van der Waals surface area contributed by atoms with Crippen molar-refractivity contribution in [3.8, 4) is 6.07 Å².